The van der Waals surface area contributed by atoms with Gasteiger partial charge < -0.3 is 10.2 Å². The first-order chi connectivity index (χ1) is 9.18. The maximum Gasteiger partial charge on any atom is 0.134 e. The summed E-state index contributed by atoms with van der Waals surface area (Å²) in [4.78, 5) is 0. The average molecular weight is 251 g/mol. The van der Waals surface area contributed by atoms with Crippen LogP contribution in [0, 0.1) is 13.8 Å². The van der Waals surface area contributed by atoms with Crippen molar-refractivity contribution in [3.63, 3.8) is 0 Å². The van der Waals surface area contributed by atoms with E-state index in [2.05, 4.69) is 32.0 Å². The summed E-state index contributed by atoms with van der Waals surface area (Å²) in [7, 11) is 0. The predicted octanol–water partition coefficient (Wildman–Crippen LogP) is 4.10. The molecule has 96 valence electrons. The molecule has 2 nitrogen and oxygen atoms in total. The van der Waals surface area contributed by atoms with Crippen molar-refractivity contribution in [2.24, 2.45) is 5.73 Å². The molecule has 2 heteroatoms. The average Bonchev–Trinajstić information content (AvgIpc) is 2.77. The highest BCUT2D eigenvalue weighted by Gasteiger charge is 2.19. The predicted molar refractivity (Wildman–Crippen MR) is 78.2 cm³/mol. The molecule has 1 unspecified atom stereocenters. The third-order valence-corrected chi connectivity index (χ3v) is 3.69. The van der Waals surface area contributed by atoms with Gasteiger partial charge in [0.25, 0.3) is 0 Å². The van der Waals surface area contributed by atoms with Crippen molar-refractivity contribution < 1.29 is 4.42 Å². The molecular formula is C17H17NO. The van der Waals surface area contributed by atoms with Gasteiger partial charge in [-0.15, -0.1) is 0 Å². The second kappa shape index (κ2) is 4.56. The summed E-state index contributed by atoms with van der Waals surface area (Å²) in [6, 6.07) is 16.0. The Hall–Kier alpha value is -2.06. The molecule has 19 heavy (non-hydrogen) atoms. The molecule has 0 fully saturated rings. The molecule has 0 radical (unpaired) electrons. The number of hydrogen-bond donors (Lipinski definition) is 1. The third kappa shape index (κ3) is 1.94. The molecule has 0 amide bonds. The summed E-state index contributed by atoms with van der Waals surface area (Å²) in [6.45, 7) is 4.15. The fourth-order valence-corrected chi connectivity index (χ4v) is 2.57. The number of para-hydroxylation sites is 1. The lowest BCUT2D eigenvalue weighted by Crippen LogP contribution is -2.13. The first kappa shape index (κ1) is 12.0. The van der Waals surface area contributed by atoms with Crippen LogP contribution in [0.25, 0.3) is 11.0 Å². The van der Waals surface area contributed by atoms with Gasteiger partial charge in [-0.3, -0.25) is 0 Å². The van der Waals surface area contributed by atoms with E-state index in [0.29, 0.717) is 0 Å². The molecular weight excluding hydrogens is 234 g/mol. The van der Waals surface area contributed by atoms with Gasteiger partial charge in [0, 0.05) is 10.9 Å². The van der Waals surface area contributed by atoms with Crippen LogP contribution in [0.4, 0.5) is 0 Å². The largest absolute Gasteiger partial charge is 0.459 e. The van der Waals surface area contributed by atoms with E-state index in [4.69, 9.17) is 10.2 Å². The Labute approximate surface area is 112 Å². The molecule has 0 spiro atoms. The van der Waals surface area contributed by atoms with Crippen LogP contribution in [0.3, 0.4) is 0 Å². The Balaban J connectivity index is 2.14. The number of hydrogen-bond acceptors (Lipinski definition) is 2. The Morgan fingerprint density at radius 3 is 2.37 bits per heavy atom. The smallest absolute Gasteiger partial charge is 0.134 e. The zero-order valence-corrected chi connectivity index (χ0v) is 11.2. The van der Waals surface area contributed by atoms with E-state index < -0.39 is 0 Å². The van der Waals surface area contributed by atoms with Crippen molar-refractivity contribution in [3.05, 3.63) is 71.0 Å². The lowest BCUT2D eigenvalue weighted by molar-refractivity contribution is 0.520. The number of furan rings is 1. The van der Waals surface area contributed by atoms with E-state index in [0.717, 1.165) is 27.9 Å². The van der Waals surface area contributed by atoms with Crippen LogP contribution < -0.4 is 5.73 Å². The summed E-state index contributed by atoms with van der Waals surface area (Å²) < 4.78 is 5.95. The SMILES string of the molecule is Cc1ccccc1C(N)c1oc2ccccc2c1C. The zero-order chi connectivity index (χ0) is 13.4. The van der Waals surface area contributed by atoms with Gasteiger partial charge in [0.15, 0.2) is 0 Å². The van der Waals surface area contributed by atoms with Crippen molar-refractivity contribution in [2.75, 3.05) is 0 Å². The highest BCUT2D eigenvalue weighted by molar-refractivity contribution is 5.82. The van der Waals surface area contributed by atoms with Crippen molar-refractivity contribution in [2.45, 2.75) is 19.9 Å². The van der Waals surface area contributed by atoms with Crippen LogP contribution in [0.15, 0.2) is 52.9 Å². The molecule has 0 aliphatic heterocycles. The lowest BCUT2D eigenvalue weighted by Gasteiger charge is -2.13. The minimum absolute atomic E-state index is 0.214. The Morgan fingerprint density at radius 1 is 0.947 bits per heavy atom. The van der Waals surface area contributed by atoms with E-state index >= 15 is 0 Å². The van der Waals surface area contributed by atoms with Gasteiger partial charge in [-0.25, -0.2) is 0 Å². The van der Waals surface area contributed by atoms with Crippen LogP contribution in [-0.4, -0.2) is 0 Å². The first-order valence-electron chi connectivity index (χ1n) is 6.47. The van der Waals surface area contributed by atoms with Gasteiger partial charge in [-0.2, -0.15) is 0 Å². The topological polar surface area (TPSA) is 39.2 Å². The summed E-state index contributed by atoms with van der Waals surface area (Å²) in [5.74, 6) is 0.857. The highest BCUT2D eigenvalue weighted by Crippen LogP contribution is 2.32. The van der Waals surface area contributed by atoms with Gasteiger partial charge in [-0.05, 0) is 31.0 Å². The minimum atomic E-state index is -0.214. The normalized spacial score (nSPS) is 12.8. The maximum atomic E-state index is 6.39. The molecule has 3 rings (SSSR count). The van der Waals surface area contributed by atoms with Crippen LogP contribution in [-0.2, 0) is 0 Å². The quantitative estimate of drug-likeness (QED) is 0.744. The molecule has 1 aromatic heterocycles. The molecule has 2 aromatic carbocycles. The Bertz CT molecular complexity index is 727. The van der Waals surface area contributed by atoms with Gasteiger partial charge >= 0.3 is 0 Å². The number of aryl methyl sites for hydroxylation is 2. The zero-order valence-electron chi connectivity index (χ0n) is 11.2. The van der Waals surface area contributed by atoms with Crippen molar-refractivity contribution in [1.82, 2.24) is 0 Å². The third-order valence-electron chi connectivity index (χ3n) is 3.69. The minimum Gasteiger partial charge on any atom is -0.459 e. The second-order valence-corrected chi connectivity index (χ2v) is 4.92. The monoisotopic (exact) mass is 251 g/mol. The summed E-state index contributed by atoms with van der Waals surface area (Å²) in [5, 5.41) is 1.14. The molecule has 0 aliphatic carbocycles. The number of fused-ring (bicyclic) bond motifs is 1. The van der Waals surface area contributed by atoms with Crippen LogP contribution in [0.1, 0.15) is 28.5 Å². The number of nitrogens with two attached hydrogens (primary N) is 1. The first-order valence-corrected chi connectivity index (χ1v) is 6.47. The molecule has 0 bridgehead atoms. The molecule has 0 aliphatic rings. The molecule has 0 saturated carbocycles. The van der Waals surface area contributed by atoms with Gasteiger partial charge in [0.05, 0.1) is 6.04 Å². The van der Waals surface area contributed by atoms with Gasteiger partial charge in [0.2, 0.25) is 0 Å². The van der Waals surface area contributed by atoms with E-state index in [9.17, 15) is 0 Å². The summed E-state index contributed by atoms with van der Waals surface area (Å²) >= 11 is 0. The maximum absolute atomic E-state index is 6.39. The van der Waals surface area contributed by atoms with E-state index in [-0.39, 0.29) is 6.04 Å². The van der Waals surface area contributed by atoms with Crippen molar-refractivity contribution >= 4 is 11.0 Å². The Morgan fingerprint density at radius 2 is 1.63 bits per heavy atom. The van der Waals surface area contributed by atoms with Crippen LogP contribution in [0.2, 0.25) is 0 Å². The van der Waals surface area contributed by atoms with E-state index in [1.807, 2.05) is 30.3 Å². The van der Waals surface area contributed by atoms with Crippen LogP contribution in [0.5, 0.6) is 0 Å². The van der Waals surface area contributed by atoms with Gasteiger partial charge in [0.1, 0.15) is 11.3 Å². The highest BCUT2D eigenvalue weighted by atomic mass is 16.3. The molecule has 0 saturated heterocycles. The Kier molecular flexibility index (Phi) is 2.88. The van der Waals surface area contributed by atoms with E-state index in [1.165, 1.54) is 5.56 Å². The fraction of sp³-hybridized carbons (Fsp3) is 0.176. The number of rotatable bonds is 2. The standard InChI is InChI=1S/C17H17NO/c1-11-7-3-4-8-13(11)16(18)17-12(2)14-9-5-6-10-15(14)19-17/h3-10,16H,18H2,1-2H3. The van der Waals surface area contributed by atoms with Crippen molar-refractivity contribution in [1.29, 1.82) is 0 Å². The molecule has 1 heterocycles. The van der Waals surface area contributed by atoms with Crippen LogP contribution >= 0.6 is 0 Å². The summed E-state index contributed by atoms with van der Waals surface area (Å²) in [6.07, 6.45) is 0. The molecule has 3 aromatic rings. The molecule has 2 N–H and O–H groups in total. The second-order valence-electron chi connectivity index (χ2n) is 4.92. The number of benzene rings is 2. The van der Waals surface area contributed by atoms with Gasteiger partial charge in [-0.1, -0.05) is 42.5 Å². The summed E-state index contributed by atoms with van der Waals surface area (Å²) in [5.41, 5.74) is 10.7. The molecule has 1 atom stereocenters. The van der Waals surface area contributed by atoms with Crippen molar-refractivity contribution in [3.8, 4) is 0 Å². The van der Waals surface area contributed by atoms with E-state index in [1.54, 1.807) is 0 Å². The fourth-order valence-electron chi connectivity index (χ4n) is 2.57. The lowest BCUT2D eigenvalue weighted by atomic mass is 9.98.